The van der Waals surface area contributed by atoms with E-state index in [9.17, 15) is 0 Å². The second-order valence-corrected chi connectivity index (χ2v) is 7.03. The Morgan fingerprint density at radius 2 is 2.04 bits per heavy atom. The number of hydrazone groups is 1. The summed E-state index contributed by atoms with van der Waals surface area (Å²) in [6, 6.07) is 16.5. The molecule has 5 heteroatoms. The van der Waals surface area contributed by atoms with Gasteiger partial charge in [0.25, 0.3) is 0 Å². The lowest BCUT2D eigenvalue weighted by atomic mass is 9.98. The first-order valence-electron chi connectivity index (χ1n) is 8.01. The van der Waals surface area contributed by atoms with Gasteiger partial charge in [-0.25, -0.2) is 5.01 Å². The van der Waals surface area contributed by atoms with Gasteiger partial charge in [0.05, 0.1) is 16.6 Å². The number of aryl methyl sites for hydroxylation is 1. The Labute approximate surface area is 144 Å². The first kappa shape index (κ1) is 13.9. The molecule has 0 saturated carbocycles. The zero-order valence-electron chi connectivity index (χ0n) is 13.2. The highest BCUT2D eigenvalue weighted by atomic mass is 32.1. The summed E-state index contributed by atoms with van der Waals surface area (Å²) >= 11 is 1.73. The summed E-state index contributed by atoms with van der Waals surface area (Å²) < 4.78 is 12.1. The number of furan rings is 1. The van der Waals surface area contributed by atoms with Gasteiger partial charge in [-0.1, -0.05) is 24.3 Å². The van der Waals surface area contributed by atoms with Crippen molar-refractivity contribution >= 4 is 17.0 Å². The molecule has 2 aliphatic rings. The molecule has 0 unspecified atom stereocenters. The minimum atomic E-state index is -0.323. The topological polar surface area (TPSA) is 38.0 Å². The third-order valence-corrected chi connectivity index (χ3v) is 5.43. The third kappa shape index (κ3) is 2.08. The molecule has 0 N–H and O–H groups in total. The highest BCUT2D eigenvalue weighted by Gasteiger charge is 2.42. The van der Waals surface area contributed by atoms with Gasteiger partial charge in [-0.05, 0) is 36.6 Å². The first-order chi connectivity index (χ1) is 11.8. The average Bonchev–Trinajstić information content (AvgIpc) is 3.34. The van der Waals surface area contributed by atoms with Gasteiger partial charge in [0.2, 0.25) is 6.23 Å². The van der Waals surface area contributed by atoms with Crippen LogP contribution in [0.25, 0.3) is 0 Å². The van der Waals surface area contributed by atoms with Crippen LogP contribution in [0.4, 0.5) is 0 Å². The van der Waals surface area contributed by atoms with Crippen LogP contribution in [0.5, 0.6) is 5.75 Å². The monoisotopic (exact) mass is 336 g/mol. The molecule has 2 aromatic heterocycles. The van der Waals surface area contributed by atoms with Gasteiger partial charge < -0.3 is 9.15 Å². The van der Waals surface area contributed by atoms with E-state index in [4.69, 9.17) is 14.3 Å². The number of para-hydroxylation sites is 1. The van der Waals surface area contributed by atoms with Crippen molar-refractivity contribution in [2.24, 2.45) is 5.10 Å². The maximum Gasteiger partial charge on any atom is 0.246 e. The molecule has 120 valence electrons. The van der Waals surface area contributed by atoms with E-state index < -0.39 is 0 Å². The van der Waals surface area contributed by atoms with Crippen molar-refractivity contribution in [3.05, 3.63) is 75.9 Å². The fraction of sp³-hybridized carbons (Fsp3) is 0.211. The van der Waals surface area contributed by atoms with E-state index in [1.54, 1.807) is 11.3 Å². The number of benzene rings is 1. The van der Waals surface area contributed by atoms with E-state index in [1.807, 2.05) is 31.2 Å². The second-order valence-electron chi connectivity index (χ2n) is 6.08. The number of hydrogen-bond donors (Lipinski definition) is 0. The van der Waals surface area contributed by atoms with Crippen molar-refractivity contribution in [2.45, 2.75) is 25.6 Å². The van der Waals surface area contributed by atoms with Crippen LogP contribution >= 0.6 is 11.3 Å². The molecule has 0 fully saturated rings. The van der Waals surface area contributed by atoms with Crippen LogP contribution in [-0.2, 0) is 0 Å². The molecule has 0 spiro atoms. The Morgan fingerprint density at radius 3 is 2.83 bits per heavy atom. The minimum Gasteiger partial charge on any atom is -0.461 e. The van der Waals surface area contributed by atoms with Crippen LogP contribution < -0.4 is 4.74 Å². The Hall–Kier alpha value is -2.53. The molecule has 1 aromatic carbocycles. The Bertz CT molecular complexity index is 913. The number of fused-ring (bicyclic) bond motifs is 3. The number of rotatable bonds is 2. The lowest BCUT2D eigenvalue weighted by Crippen LogP contribution is -2.33. The molecule has 4 heterocycles. The van der Waals surface area contributed by atoms with E-state index in [2.05, 4.69) is 34.7 Å². The van der Waals surface area contributed by atoms with Gasteiger partial charge in [0.15, 0.2) is 5.76 Å². The summed E-state index contributed by atoms with van der Waals surface area (Å²) in [5, 5.41) is 9.04. The molecule has 5 rings (SSSR count). The van der Waals surface area contributed by atoms with E-state index >= 15 is 0 Å². The zero-order valence-corrected chi connectivity index (χ0v) is 14.0. The molecule has 2 atom stereocenters. The molecule has 0 radical (unpaired) electrons. The number of ether oxygens (including phenoxy) is 1. The molecule has 4 nitrogen and oxygen atoms in total. The predicted octanol–water partition coefficient (Wildman–Crippen LogP) is 4.89. The molecular formula is C19H16N2O2S. The van der Waals surface area contributed by atoms with Crippen molar-refractivity contribution < 1.29 is 9.15 Å². The van der Waals surface area contributed by atoms with Crippen LogP contribution in [0.3, 0.4) is 0 Å². The fourth-order valence-corrected chi connectivity index (χ4v) is 4.12. The molecule has 3 aromatic rings. The zero-order chi connectivity index (χ0) is 16.1. The van der Waals surface area contributed by atoms with Crippen LogP contribution in [-0.4, -0.2) is 10.7 Å². The second kappa shape index (κ2) is 5.24. The molecule has 0 aliphatic carbocycles. The molecule has 0 saturated heterocycles. The highest BCUT2D eigenvalue weighted by Crippen LogP contribution is 2.47. The first-order valence-corrected chi connectivity index (χ1v) is 8.89. The standard InChI is InChI=1S/C19H16N2O2S/c1-12-8-9-17(22-12)19-21-15(13-5-2-3-6-16(13)23-19)11-14(20-21)18-7-4-10-24-18/h2-10,15,19H,11H2,1H3/t15-,19-/m1/s1. The minimum absolute atomic E-state index is 0.183. The molecule has 2 aliphatic heterocycles. The van der Waals surface area contributed by atoms with Crippen LogP contribution in [0.2, 0.25) is 0 Å². The summed E-state index contributed by atoms with van der Waals surface area (Å²) in [4.78, 5) is 1.22. The largest absolute Gasteiger partial charge is 0.461 e. The Morgan fingerprint density at radius 1 is 1.12 bits per heavy atom. The van der Waals surface area contributed by atoms with Crippen molar-refractivity contribution in [3.8, 4) is 5.75 Å². The van der Waals surface area contributed by atoms with Gasteiger partial charge >= 0.3 is 0 Å². The van der Waals surface area contributed by atoms with E-state index in [0.29, 0.717) is 0 Å². The maximum absolute atomic E-state index is 6.24. The summed E-state index contributed by atoms with van der Waals surface area (Å²) in [6.07, 6.45) is 0.563. The quantitative estimate of drug-likeness (QED) is 0.668. The average molecular weight is 336 g/mol. The Kier molecular flexibility index (Phi) is 3.03. The van der Waals surface area contributed by atoms with E-state index in [1.165, 1.54) is 10.4 Å². The van der Waals surface area contributed by atoms with E-state index in [-0.39, 0.29) is 12.3 Å². The van der Waals surface area contributed by atoms with E-state index in [0.717, 1.165) is 29.4 Å². The normalized spacial score (nSPS) is 21.9. The lowest BCUT2D eigenvalue weighted by molar-refractivity contribution is -0.0329. The lowest BCUT2D eigenvalue weighted by Gasteiger charge is -2.36. The smallest absolute Gasteiger partial charge is 0.246 e. The maximum atomic E-state index is 6.24. The fourth-order valence-electron chi connectivity index (χ4n) is 3.40. The number of hydrogen-bond acceptors (Lipinski definition) is 5. The van der Waals surface area contributed by atoms with Gasteiger partial charge in [-0.3, -0.25) is 0 Å². The van der Waals surface area contributed by atoms with Gasteiger partial charge in [0.1, 0.15) is 11.5 Å². The predicted molar refractivity (Wildman–Crippen MR) is 93.3 cm³/mol. The third-order valence-electron chi connectivity index (χ3n) is 4.51. The van der Waals surface area contributed by atoms with Crippen molar-refractivity contribution in [2.75, 3.05) is 0 Å². The summed E-state index contributed by atoms with van der Waals surface area (Å²) in [6.45, 7) is 1.95. The number of thiophene rings is 1. The van der Waals surface area contributed by atoms with Crippen molar-refractivity contribution in [1.82, 2.24) is 5.01 Å². The van der Waals surface area contributed by atoms with Crippen LogP contribution in [0.15, 0.2) is 63.4 Å². The molecular weight excluding hydrogens is 320 g/mol. The van der Waals surface area contributed by atoms with Gasteiger partial charge in [0, 0.05) is 12.0 Å². The summed E-state index contributed by atoms with van der Waals surface area (Å²) in [7, 11) is 0. The SMILES string of the molecule is Cc1ccc([C@H]2Oc3ccccc3[C@H]3CC(c4cccs4)=NN32)o1. The summed E-state index contributed by atoms with van der Waals surface area (Å²) in [5.74, 6) is 2.59. The highest BCUT2D eigenvalue weighted by molar-refractivity contribution is 7.12. The molecule has 0 bridgehead atoms. The van der Waals surface area contributed by atoms with Crippen LogP contribution in [0, 0.1) is 6.92 Å². The molecule has 24 heavy (non-hydrogen) atoms. The van der Waals surface area contributed by atoms with Gasteiger partial charge in [-0.15, -0.1) is 11.3 Å². The molecule has 0 amide bonds. The Balaban J connectivity index is 1.61. The van der Waals surface area contributed by atoms with Crippen LogP contribution in [0.1, 0.15) is 40.7 Å². The van der Waals surface area contributed by atoms with Crippen molar-refractivity contribution in [1.29, 1.82) is 0 Å². The number of nitrogens with zero attached hydrogens (tertiary/aromatic N) is 2. The summed E-state index contributed by atoms with van der Waals surface area (Å²) in [5.41, 5.74) is 2.30. The van der Waals surface area contributed by atoms with Gasteiger partial charge in [-0.2, -0.15) is 5.10 Å². The van der Waals surface area contributed by atoms with Crippen molar-refractivity contribution in [3.63, 3.8) is 0 Å².